The van der Waals surface area contributed by atoms with E-state index in [1.807, 2.05) is 32.0 Å². The molecular weight excluding hydrogens is 361 g/mol. The van der Waals surface area contributed by atoms with Crippen LogP contribution in [0.3, 0.4) is 0 Å². The Balaban J connectivity index is 1.77. The number of hydrogen-bond donors (Lipinski definition) is 0. The van der Waals surface area contributed by atoms with Gasteiger partial charge in [0.2, 0.25) is 0 Å². The summed E-state index contributed by atoms with van der Waals surface area (Å²) in [7, 11) is 0. The molecule has 0 spiro atoms. The second-order valence-corrected chi connectivity index (χ2v) is 6.88. The van der Waals surface area contributed by atoms with Crippen molar-refractivity contribution in [3.63, 3.8) is 0 Å². The normalized spacial score (nSPS) is 11.7. The summed E-state index contributed by atoms with van der Waals surface area (Å²) in [5, 5.41) is 11.8. The molecule has 0 fully saturated rings. The number of halogens is 3. The second-order valence-electron chi connectivity index (χ2n) is 5.90. The fraction of sp³-hybridized carbons (Fsp3) is 0.278. The summed E-state index contributed by atoms with van der Waals surface area (Å²) in [4.78, 5) is 0. The largest absolute Gasteiger partial charge is 0.416 e. The maximum atomic E-state index is 13.1. The topological polar surface area (TPSA) is 43.6 Å². The van der Waals surface area contributed by atoms with Crippen LogP contribution in [0.4, 0.5) is 13.2 Å². The average molecular weight is 378 g/mol. The zero-order valence-corrected chi connectivity index (χ0v) is 15.1. The van der Waals surface area contributed by atoms with E-state index >= 15 is 0 Å². The molecule has 0 aliphatic rings. The predicted molar refractivity (Wildman–Crippen MR) is 95.1 cm³/mol. The van der Waals surface area contributed by atoms with Crippen LogP contribution in [-0.4, -0.2) is 20.2 Å². The molecule has 136 valence electrons. The molecule has 1 heterocycles. The van der Waals surface area contributed by atoms with E-state index in [2.05, 4.69) is 15.5 Å². The van der Waals surface area contributed by atoms with Crippen LogP contribution in [-0.2, 0) is 17.7 Å². The van der Waals surface area contributed by atoms with E-state index in [0.29, 0.717) is 11.6 Å². The molecule has 3 rings (SSSR count). The Morgan fingerprint density at radius 2 is 1.65 bits per heavy atom. The highest BCUT2D eigenvalue weighted by atomic mass is 32.2. The number of para-hydroxylation sites is 1. The summed E-state index contributed by atoms with van der Waals surface area (Å²) in [6, 6.07) is 11.5. The third-order valence-electron chi connectivity index (χ3n) is 4.00. The molecule has 0 amide bonds. The molecule has 0 aliphatic carbocycles. The lowest BCUT2D eigenvalue weighted by Crippen LogP contribution is -2.09. The minimum Gasteiger partial charge on any atom is -0.196 e. The van der Waals surface area contributed by atoms with Gasteiger partial charge in [-0.2, -0.15) is 17.9 Å². The van der Waals surface area contributed by atoms with Crippen molar-refractivity contribution in [1.29, 1.82) is 0 Å². The van der Waals surface area contributed by atoms with Gasteiger partial charge in [-0.3, -0.25) is 0 Å². The predicted octanol–water partition coefficient (Wildman–Crippen LogP) is 4.73. The van der Waals surface area contributed by atoms with E-state index in [9.17, 15) is 13.2 Å². The van der Waals surface area contributed by atoms with Crippen LogP contribution in [0.5, 0.6) is 0 Å². The van der Waals surface area contributed by atoms with E-state index in [1.54, 1.807) is 10.7 Å². The number of aromatic nitrogens is 4. The quantitative estimate of drug-likeness (QED) is 0.644. The highest BCUT2D eigenvalue weighted by Crippen LogP contribution is 2.33. The maximum Gasteiger partial charge on any atom is 0.416 e. The first-order valence-corrected chi connectivity index (χ1v) is 9.10. The van der Waals surface area contributed by atoms with Gasteiger partial charge in [-0.25, -0.2) is 0 Å². The first-order chi connectivity index (χ1) is 12.4. The highest BCUT2D eigenvalue weighted by Gasteiger charge is 2.32. The van der Waals surface area contributed by atoms with Gasteiger partial charge in [-0.1, -0.05) is 36.4 Å². The lowest BCUT2D eigenvalue weighted by molar-refractivity contribution is -0.138. The fourth-order valence-electron chi connectivity index (χ4n) is 2.78. The smallest absolute Gasteiger partial charge is 0.196 e. The van der Waals surface area contributed by atoms with Gasteiger partial charge in [0.05, 0.1) is 17.0 Å². The van der Waals surface area contributed by atoms with Gasteiger partial charge in [0.15, 0.2) is 5.82 Å². The Hall–Kier alpha value is -2.35. The number of benzene rings is 2. The first-order valence-electron chi connectivity index (χ1n) is 7.94. The zero-order valence-electron chi connectivity index (χ0n) is 14.3. The number of alkyl halides is 3. The van der Waals surface area contributed by atoms with Gasteiger partial charge >= 0.3 is 6.18 Å². The standard InChI is InChI=1S/C18H17F3N4S/c1-12-6-5-7-13(2)17(12)25-16(22-23-24-25)11-26-10-14-8-3-4-9-15(14)18(19,20)21/h3-9H,10-11H2,1-2H3. The average Bonchev–Trinajstić information content (AvgIpc) is 3.02. The lowest BCUT2D eigenvalue weighted by Gasteiger charge is -2.13. The molecule has 8 heteroatoms. The third kappa shape index (κ3) is 3.90. The molecule has 0 unspecified atom stereocenters. The minimum atomic E-state index is -4.35. The van der Waals surface area contributed by atoms with Gasteiger partial charge in [-0.15, -0.1) is 16.9 Å². The Morgan fingerprint density at radius 3 is 2.35 bits per heavy atom. The van der Waals surface area contributed by atoms with Crippen LogP contribution in [0.1, 0.15) is 28.1 Å². The molecule has 4 nitrogen and oxygen atoms in total. The fourth-order valence-corrected chi connectivity index (χ4v) is 3.72. The number of rotatable bonds is 5. The zero-order chi connectivity index (χ0) is 18.7. The molecule has 0 radical (unpaired) electrons. The van der Waals surface area contributed by atoms with Crippen molar-refractivity contribution in [2.45, 2.75) is 31.5 Å². The molecule has 3 aromatic rings. The molecule has 26 heavy (non-hydrogen) atoms. The Labute approximate surface area is 153 Å². The van der Waals surface area contributed by atoms with Gasteiger partial charge in [0.25, 0.3) is 0 Å². The van der Waals surface area contributed by atoms with E-state index in [0.717, 1.165) is 22.9 Å². The first kappa shape index (κ1) is 18.4. The molecule has 0 atom stereocenters. The van der Waals surface area contributed by atoms with Crippen molar-refractivity contribution >= 4 is 11.8 Å². The number of aryl methyl sites for hydroxylation is 2. The van der Waals surface area contributed by atoms with E-state index in [1.165, 1.54) is 23.9 Å². The molecule has 1 aromatic heterocycles. The van der Waals surface area contributed by atoms with Crippen LogP contribution in [0.2, 0.25) is 0 Å². The lowest BCUT2D eigenvalue weighted by atomic mass is 10.1. The van der Waals surface area contributed by atoms with Crippen molar-refractivity contribution in [3.8, 4) is 5.69 Å². The Bertz CT molecular complexity index is 885. The Kier molecular flexibility index (Phi) is 5.31. The SMILES string of the molecule is Cc1cccc(C)c1-n1nnnc1CSCc1ccccc1C(F)(F)F. The third-order valence-corrected chi connectivity index (χ3v) is 4.97. The van der Waals surface area contributed by atoms with Gasteiger partial charge in [0.1, 0.15) is 0 Å². The highest BCUT2D eigenvalue weighted by molar-refractivity contribution is 7.97. The number of hydrogen-bond acceptors (Lipinski definition) is 4. The van der Waals surface area contributed by atoms with Gasteiger partial charge in [-0.05, 0) is 47.0 Å². The van der Waals surface area contributed by atoms with Crippen molar-refractivity contribution in [1.82, 2.24) is 20.2 Å². The molecule has 0 aliphatic heterocycles. The van der Waals surface area contributed by atoms with Crippen LogP contribution < -0.4 is 0 Å². The number of thioether (sulfide) groups is 1. The Morgan fingerprint density at radius 1 is 0.962 bits per heavy atom. The summed E-state index contributed by atoms with van der Waals surface area (Å²) in [6.45, 7) is 3.95. The van der Waals surface area contributed by atoms with E-state index < -0.39 is 11.7 Å². The van der Waals surface area contributed by atoms with Crippen LogP contribution in [0, 0.1) is 13.8 Å². The molecule has 0 saturated heterocycles. The monoisotopic (exact) mass is 378 g/mol. The summed E-state index contributed by atoms with van der Waals surface area (Å²) < 4.78 is 40.9. The van der Waals surface area contributed by atoms with E-state index in [-0.39, 0.29) is 11.3 Å². The maximum absolute atomic E-state index is 13.1. The number of nitrogens with zero attached hydrogens (tertiary/aromatic N) is 4. The second kappa shape index (κ2) is 7.49. The van der Waals surface area contributed by atoms with Gasteiger partial charge < -0.3 is 0 Å². The van der Waals surface area contributed by atoms with Crippen molar-refractivity contribution in [2.24, 2.45) is 0 Å². The molecule has 0 N–H and O–H groups in total. The summed E-state index contributed by atoms with van der Waals surface area (Å²) in [5.74, 6) is 1.25. The van der Waals surface area contributed by atoms with Crippen molar-refractivity contribution in [3.05, 3.63) is 70.5 Å². The summed E-state index contributed by atoms with van der Waals surface area (Å²) in [5.41, 5.74) is 2.64. The summed E-state index contributed by atoms with van der Waals surface area (Å²) in [6.07, 6.45) is -4.35. The van der Waals surface area contributed by atoms with Crippen LogP contribution >= 0.6 is 11.8 Å². The number of tetrazole rings is 1. The van der Waals surface area contributed by atoms with Crippen molar-refractivity contribution in [2.75, 3.05) is 0 Å². The molecule has 0 saturated carbocycles. The van der Waals surface area contributed by atoms with Crippen LogP contribution in [0.25, 0.3) is 5.69 Å². The molecular formula is C18H17F3N4S. The van der Waals surface area contributed by atoms with Crippen molar-refractivity contribution < 1.29 is 13.2 Å². The van der Waals surface area contributed by atoms with Gasteiger partial charge in [0, 0.05) is 5.75 Å². The summed E-state index contributed by atoms with van der Waals surface area (Å²) >= 11 is 1.35. The molecule has 2 aromatic carbocycles. The van der Waals surface area contributed by atoms with E-state index in [4.69, 9.17) is 0 Å². The molecule has 0 bridgehead atoms. The minimum absolute atomic E-state index is 0.231. The van der Waals surface area contributed by atoms with Crippen LogP contribution in [0.15, 0.2) is 42.5 Å².